The second kappa shape index (κ2) is 9.61. The fraction of sp³-hybridized carbons (Fsp3) is 0.381. The zero-order valence-corrected chi connectivity index (χ0v) is 19.0. The third kappa shape index (κ3) is 5.95. The lowest BCUT2D eigenvalue weighted by Gasteiger charge is -2.28. The molecule has 2 rings (SSSR count). The Hall–Kier alpha value is -2.09. The molecule has 1 N–H and O–H groups in total. The van der Waals surface area contributed by atoms with Gasteiger partial charge in [0.2, 0.25) is 10.0 Å². The van der Waals surface area contributed by atoms with Crippen LogP contribution in [0.25, 0.3) is 0 Å². The predicted octanol–water partition coefficient (Wildman–Crippen LogP) is 4.22. The van der Waals surface area contributed by atoms with Crippen LogP contribution < -0.4 is 10.2 Å². The lowest BCUT2D eigenvalue weighted by atomic mass is 10.1. The lowest BCUT2D eigenvalue weighted by molar-refractivity contribution is 0.102. The first kappa shape index (κ1) is 23.2. The van der Waals surface area contributed by atoms with Crippen LogP contribution in [0.3, 0.4) is 0 Å². The standard InChI is InChI=1S/C21H28ClN3O3S/c1-6-15(2)25(29(5,27)28)14-16-13-17(11-12-20(16)24(3)4)23-21(26)18-9-7-8-10-19(18)22/h7-13,15H,6,14H2,1-5H3,(H,23,26). The molecule has 0 spiro atoms. The molecule has 8 heteroatoms. The number of rotatable bonds is 8. The summed E-state index contributed by atoms with van der Waals surface area (Å²) in [6.45, 7) is 4.06. The topological polar surface area (TPSA) is 69.7 Å². The average molecular weight is 438 g/mol. The van der Waals surface area contributed by atoms with Crippen molar-refractivity contribution in [3.05, 3.63) is 58.6 Å². The SMILES string of the molecule is CCC(C)N(Cc1cc(NC(=O)c2ccccc2Cl)ccc1N(C)C)S(C)(=O)=O. The van der Waals surface area contributed by atoms with Crippen LogP contribution in [0, 0.1) is 0 Å². The van der Waals surface area contributed by atoms with Gasteiger partial charge in [-0.3, -0.25) is 4.79 Å². The van der Waals surface area contributed by atoms with Gasteiger partial charge in [0.05, 0.1) is 16.8 Å². The van der Waals surface area contributed by atoms with Crippen LogP contribution >= 0.6 is 11.6 Å². The van der Waals surface area contributed by atoms with E-state index in [9.17, 15) is 13.2 Å². The second-order valence-electron chi connectivity index (χ2n) is 7.24. The highest BCUT2D eigenvalue weighted by Crippen LogP contribution is 2.27. The Kier molecular flexibility index (Phi) is 7.68. The van der Waals surface area contributed by atoms with Crippen molar-refractivity contribution in [2.75, 3.05) is 30.6 Å². The van der Waals surface area contributed by atoms with E-state index >= 15 is 0 Å². The molecular formula is C21H28ClN3O3S. The van der Waals surface area contributed by atoms with Gasteiger partial charge in [-0.25, -0.2) is 8.42 Å². The maximum Gasteiger partial charge on any atom is 0.257 e. The minimum Gasteiger partial charge on any atom is -0.377 e. The Morgan fingerprint density at radius 2 is 1.83 bits per heavy atom. The number of nitrogens with zero attached hydrogens (tertiary/aromatic N) is 2. The molecule has 1 atom stereocenters. The van der Waals surface area contributed by atoms with Crippen molar-refractivity contribution in [2.45, 2.75) is 32.9 Å². The van der Waals surface area contributed by atoms with Crippen LogP contribution in [0.5, 0.6) is 0 Å². The second-order valence-corrected chi connectivity index (χ2v) is 9.58. The summed E-state index contributed by atoms with van der Waals surface area (Å²) in [5.74, 6) is -0.318. The number of halogens is 1. The minimum absolute atomic E-state index is 0.138. The zero-order chi connectivity index (χ0) is 21.8. The summed E-state index contributed by atoms with van der Waals surface area (Å²) >= 11 is 6.11. The summed E-state index contributed by atoms with van der Waals surface area (Å²) in [5, 5.41) is 3.22. The molecule has 0 aliphatic rings. The summed E-state index contributed by atoms with van der Waals surface area (Å²) in [5.41, 5.74) is 2.65. The van der Waals surface area contributed by atoms with E-state index in [1.807, 2.05) is 45.0 Å². The van der Waals surface area contributed by atoms with Crippen LogP contribution in [0.4, 0.5) is 11.4 Å². The number of sulfonamides is 1. The third-order valence-corrected chi connectivity index (χ3v) is 6.44. The van der Waals surface area contributed by atoms with Crippen molar-refractivity contribution >= 4 is 38.9 Å². The van der Waals surface area contributed by atoms with Gasteiger partial charge in [-0.05, 0) is 49.2 Å². The van der Waals surface area contributed by atoms with E-state index in [4.69, 9.17) is 11.6 Å². The van der Waals surface area contributed by atoms with Gasteiger partial charge in [-0.2, -0.15) is 4.31 Å². The Morgan fingerprint density at radius 1 is 1.17 bits per heavy atom. The molecule has 0 radical (unpaired) electrons. The number of hydrogen-bond donors (Lipinski definition) is 1. The fourth-order valence-electron chi connectivity index (χ4n) is 3.04. The molecule has 6 nitrogen and oxygen atoms in total. The first-order valence-corrected chi connectivity index (χ1v) is 11.6. The van der Waals surface area contributed by atoms with Gasteiger partial charge in [-0.1, -0.05) is 30.7 Å². The molecule has 2 aromatic carbocycles. The molecule has 29 heavy (non-hydrogen) atoms. The predicted molar refractivity (Wildman–Crippen MR) is 120 cm³/mol. The number of nitrogens with one attached hydrogen (secondary N) is 1. The number of anilines is 2. The highest BCUT2D eigenvalue weighted by molar-refractivity contribution is 7.88. The molecular weight excluding hydrogens is 410 g/mol. The molecule has 1 unspecified atom stereocenters. The molecule has 0 saturated heterocycles. The summed E-state index contributed by atoms with van der Waals surface area (Å²) < 4.78 is 26.1. The number of hydrogen-bond acceptors (Lipinski definition) is 4. The maximum atomic E-state index is 12.6. The molecule has 0 heterocycles. The van der Waals surface area contributed by atoms with Gasteiger partial charge >= 0.3 is 0 Å². The van der Waals surface area contributed by atoms with E-state index in [2.05, 4.69) is 5.32 Å². The summed E-state index contributed by atoms with van der Waals surface area (Å²) in [7, 11) is 0.404. The Morgan fingerprint density at radius 3 is 2.38 bits per heavy atom. The third-order valence-electron chi connectivity index (χ3n) is 4.77. The van der Waals surface area contributed by atoms with Gasteiger partial charge in [0.25, 0.3) is 5.91 Å². The van der Waals surface area contributed by atoms with Crippen LogP contribution in [0.15, 0.2) is 42.5 Å². The molecule has 0 aromatic heterocycles. The number of carbonyl (C=O) groups excluding carboxylic acids is 1. The van der Waals surface area contributed by atoms with Gasteiger partial charge in [0.15, 0.2) is 0 Å². The fourth-order valence-corrected chi connectivity index (χ4v) is 4.44. The van der Waals surface area contributed by atoms with Gasteiger partial charge in [0.1, 0.15) is 0 Å². The van der Waals surface area contributed by atoms with Gasteiger partial charge in [-0.15, -0.1) is 0 Å². The van der Waals surface area contributed by atoms with E-state index in [1.165, 1.54) is 10.6 Å². The normalized spacial score (nSPS) is 12.7. The minimum atomic E-state index is -3.39. The molecule has 158 valence electrons. The van der Waals surface area contributed by atoms with Crippen LogP contribution in [0.1, 0.15) is 36.2 Å². The van der Waals surface area contributed by atoms with Crippen molar-refractivity contribution in [3.8, 4) is 0 Å². The Balaban J connectivity index is 2.39. The summed E-state index contributed by atoms with van der Waals surface area (Å²) in [6, 6.07) is 12.2. The van der Waals surface area contributed by atoms with E-state index < -0.39 is 10.0 Å². The monoisotopic (exact) mass is 437 g/mol. The Bertz CT molecular complexity index is 977. The molecule has 0 saturated carbocycles. The van der Waals surface area contributed by atoms with Crippen molar-refractivity contribution in [1.82, 2.24) is 4.31 Å². The lowest BCUT2D eigenvalue weighted by Crippen LogP contribution is -2.37. The van der Waals surface area contributed by atoms with E-state index in [0.717, 1.165) is 11.3 Å². The first-order chi connectivity index (χ1) is 13.5. The molecule has 0 bridgehead atoms. The zero-order valence-electron chi connectivity index (χ0n) is 17.4. The summed E-state index contributed by atoms with van der Waals surface area (Å²) in [6.07, 6.45) is 1.92. The van der Waals surface area contributed by atoms with E-state index in [-0.39, 0.29) is 18.5 Å². The van der Waals surface area contributed by atoms with Crippen LogP contribution in [-0.2, 0) is 16.6 Å². The summed E-state index contributed by atoms with van der Waals surface area (Å²) in [4.78, 5) is 14.5. The highest BCUT2D eigenvalue weighted by atomic mass is 35.5. The molecule has 0 fully saturated rings. The highest BCUT2D eigenvalue weighted by Gasteiger charge is 2.24. The number of carbonyl (C=O) groups is 1. The van der Waals surface area contributed by atoms with Crippen molar-refractivity contribution in [3.63, 3.8) is 0 Å². The van der Waals surface area contributed by atoms with E-state index in [0.29, 0.717) is 22.7 Å². The molecule has 2 aromatic rings. The smallest absolute Gasteiger partial charge is 0.257 e. The number of amides is 1. The average Bonchev–Trinajstić information content (AvgIpc) is 2.64. The van der Waals surface area contributed by atoms with Gasteiger partial charge in [0, 0.05) is 38.1 Å². The number of benzene rings is 2. The molecule has 0 aliphatic heterocycles. The van der Waals surface area contributed by atoms with Crippen molar-refractivity contribution in [1.29, 1.82) is 0 Å². The van der Waals surface area contributed by atoms with E-state index in [1.54, 1.807) is 30.3 Å². The van der Waals surface area contributed by atoms with Crippen molar-refractivity contribution in [2.24, 2.45) is 0 Å². The van der Waals surface area contributed by atoms with Crippen LogP contribution in [0.2, 0.25) is 5.02 Å². The molecule has 1 amide bonds. The first-order valence-electron chi connectivity index (χ1n) is 9.37. The molecule has 0 aliphatic carbocycles. The Labute approximate surface area is 178 Å². The maximum absolute atomic E-state index is 12.6. The largest absolute Gasteiger partial charge is 0.377 e. The van der Waals surface area contributed by atoms with Crippen LogP contribution in [-0.4, -0.2) is 45.0 Å². The van der Waals surface area contributed by atoms with Crippen molar-refractivity contribution < 1.29 is 13.2 Å². The van der Waals surface area contributed by atoms with Gasteiger partial charge < -0.3 is 10.2 Å². The quantitative estimate of drug-likeness (QED) is 0.671.